The highest BCUT2D eigenvalue weighted by molar-refractivity contribution is 6.03. The smallest absolute Gasteiger partial charge is 0.273 e. The zero-order valence-corrected chi connectivity index (χ0v) is 15.0. The van der Waals surface area contributed by atoms with Gasteiger partial charge in [-0.25, -0.2) is 0 Å². The van der Waals surface area contributed by atoms with Crippen molar-refractivity contribution in [2.45, 2.75) is 6.42 Å². The molecular formula is C20H21N3O3. The third-order valence-electron chi connectivity index (χ3n) is 4.06. The SMILES string of the molecule is COc1ccc(Cc2cc(C(=O)Nc3ccc(OC)cc3)n(C)n2)cc1. The van der Waals surface area contributed by atoms with Crippen LogP contribution in [0.25, 0.3) is 0 Å². The van der Waals surface area contributed by atoms with E-state index in [0.717, 1.165) is 22.8 Å². The van der Waals surface area contributed by atoms with Crippen molar-refractivity contribution in [1.82, 2.24) is 9.78 Å². The number of rotatable bonds is 6. The van der Waals surface area contributed by atoms with Gasteiger partial charge in [0.15, 0.2) is 0 Å². The van der Waals surface area contributed by atoms with Crippen LogP contribution in [-0.4, -0.2) is 29.9 Å². The molecule has 0 unspecified atom stereocenters. The molecule has 1 N–H and O–H groups in total. The topological polar surface area (TPSA) is 65.4 Å². The molecule has 134 valence electrons. The van der Waals surface area contributed by atoms with E-state index in [1.807, 2.05) is 30.3 Å². The molecule has 0 saturated heterocycles. The van der Waals surface area contributed by atoms with Crippen LogP contribution in [0.5, 0.6) is 11.5 Å². The van der Waals surface area contributed by atoms with Gasteiger partial charge in [0.2, 0.25) is 0 Å². The predicted molar refractivity (Wildman–Crippen MR) is 100.0 cm³/mol. The number of nitrogens with zero attached hydrogens (tertiary/aromatic N) is 2. The van der Waals surface area contributed by atoms with Gasteiger partial charge in [-0.3, -0.25) is 9.48 Å². The fraction of sp³-hybridized carbons (Fsp3) is 0.200. The minimum Gasteiger partial charge on any atom is -0.497 e. The number of aromatic nitrogens is 2. The second kappa shape index (κ2) is 7.74. The Bertz CT molecular complexity index is 884. The highest BCUT2D eigenvalue weighted by atomic mass is 16.5. The lowest BCUT2D eigenvalue weighted by molar-refractivity contribution is 0.101. The normalized spacial score (nSPS) is 10.4. The van der Waals surface area contributed by atoms with E-state index in [4.69, 9.17) is 9.47 Å². The Morgan fingerprint density at radius 3 is 2.15 bits per heavy atom. The summed E-state index contributed by atoms with van der Waals surface area (Å²) in [5.41, 5.74) is 3.14. The zero-order chi connectivity index (χ0) is 18.5. The summed E-state index contributed by atoms with van der Waals surface area (Å²) in [5, 5.41) is 7.31. The first kappa shape index (κ1) is 17.5. The molecule has 3 aromatic rings. The number of amides is 1. The summed E-state index contributed by atoms with van der Waals surface area (Å²) >= 11 is 0. The van der Waals surface area contributed by atoms with Gasteiger partial charge < -0.3 is 14.8 Å². The first-order chi connectivity index (χ1) is 12.6. The average Bonchev–Trinajstić information content (AvgIpc) is 3.03. The summed E-state index contributed by atoms with van der Waals surface area (Å²) in [6, 6.07) is 16.8. The highest BCUT2D eigenvalue weighted by Crippen LogP contribution is 2.18. The van der Waals surface area contributed by atoms with E-state index in [-0.39, 0.29) is 5.91 Å². The molecule has 1 aromatic heterocycles. The van der Waals surface area contributed by atoms with Gasteiger partial charge >= 0.3 is 0 Å². The van der Waals surface area contributed by atoms with Crippen molar-refractivity contribution in [2.24, 2.45) is 7.05 Å². The van der Waals surface area contributed by atoms with Crippen molar-refractivity contribution < 1.29 is 14.3 Å². The molecule has 6 nitrogen and oxygen atoms in total. The lowest BCUT2D eigenvalue weighted by Gasteiger charge is -2.06. The number of benzene rings is 2. The van der Waals surface area contributed by atoms with Gasteiger partial charge in [0, 0.05) is 19.2 Å². The Morgan fingerprint density at radius 1 is 1.00 bits per heavy atom. The molecule has 0 aliphatic rings. The van der Waals surface area contributed by atoms with Crippen LogP contribution in [0.2, 0.25) is 0 Å². The van der Waals surface area contributed by atoms with Crippen molar-refractivity contribution in [2.75, 3.05) is 19.5 Å². The number of hydrogen-bond donors (Lipinski definition) is 1. The number of carbonyl (C=O) groups is 1. The molecular weight excluding hydrogens is 330 g/mol. The molecule has 1 amide bonds. The maximum atomic E-state index is 12.5. The maximum absolute atomic E-state index is 12.5. The fourth-order valence-electron chi connectivity index (χ4n) is 2.65. The van der Waals surface area contributed by atoms with E-state index in [1.54, 1.807) is 50.2 Å². The van der Waals surface area contributed by atoms with Gasteiger partial charge in [0.1, 0.15) is 17.2 Å². The molecule has 3 rings (SSSR count). The van der Waals surface area contributed by atoms with Crippen LogP contribution in [0.15, 0.2) is 54.6 Å². The third kappa shape index (κ3) is 4.03. The molecule has 0 atom stereocenters. The van der Waals surface area contributed by atoms with Gasteiger partial charge in [0.05, 0.1) is 19.9 Å². The number of nitrogens with one attached hydrogen (secondary N) is 1. The summed E-state index contributed by atoms with van der Waals surface area (Å²) in [5.74, 6) is 1.35. The van der Waals surface area contributed by atoms with Gasteiger partial charge in [-0.1, -0.05) is 12.1 Å². The molecule has 2 aromatic carbocycles. The lowest BCUT2D eigenvalue weighted by Crippen LogP contribution is -2.15. The standard InChI is InChI=1S/C20H21N3O3/c1-23-19(20(24)21-15-6-10-18(26-3)11-7-15)13-16(22-23)12-14-4-8-17(25-2)9-5-14/h4-11,13H,12H2,1-3H3,(H,21,24). The van der Waals surface area contributed by atoms with Crippen molar-refractivity contribution >= 4 is 11.6 Å². The lowest BCUT2D eigenvalue weighted by atomic mass is 10.1. The molecule has 0 aliphatic heterocycles. The third-order valence-corrected chi connectivity index (χ3v) is 4.06. The summed E-state index contributed by atoms with van der Waals surface area (Å²) in [4.78, 5) is 12.5. The first-order valence-electron chi connectivity index (χ1n) is 8.20. The van der Waals surface area contributed by atoms with Crippen LogP contribution in [0.4, 0.5) is 5.69 Å². The molecule has 0 saturated carbocycles. The monoisotopic (exact) mass is 351 g/mol. The molecule has 1 heterocycles. The van der Waals surface area contributed by atoms with Crippen LogP contribution < -0.4 is 14.8 Å². The predicted octanol–water partition coefficient (Wildman–Crippen LogP) is 3.28. The van der Waals surface area contributed by atoms with Crippen LogP contribution in [-0.2, 0) is 13.5 Å². The minimum absolute atomic E-state index is 0.203. The van der Waals surface area contributed by atoms with Gasteiger partial charge in [0.25, 0.3) is 5.91 Å². The fourth-order valence-corrected chi connectivity index (χ4v) is 2.65. The van der Waals surface area contributed by atoms with Crippen LogP contribution in [0.1, 0.15) is 21.7 Å². The Hall–Kier alpha value is -3.28. The number of hydrogen-bond acceptors (Lipinski definition) is 4. The Balaban J connectivity index is 1.70. The molecule has 0 bridgehead atoms. The number of ether oxygens (including phenoxy) is 2. The second-order valence-corrected chi connectivity index (χ2v) is 5.85. The van der Waals surface area contributed by atoms with Crippen LogP contribution in [0, 0.1) is 0 Å². The first-order valence-corrected chi connectivity index (χ1v) is 8.20. The van der Waals surface area contributed by atoms with E-state index in [1.165, 1.54) is 0 Å². The van der Waals surface area contributed by atoms with E-state index in [2.05, 4.69) is 10.4 Å². The second-order valence-electron chi connectivity index (χ2n) is 5.85. The maximum Gasteiger partial charge on any atom is 0.273 e. The van der Waals surface area contributed by atoms with Gasteiger partial charge in [-0.2, -0.15) is 5.10 Å². The number of carbonyl (C=O) groups excluding carboxylic acids is 1. The zero-order valence-electron chi connectivity index (χ0n) is 15.0. The van der Waals surface area contributed by atoms with Gasteiger partial charge in [-0.05, 0) is 48.0 Å². The van der Waals surface area contributed by atoms with Crippen molar-refractivity contribution in [3.05, 3.63) is 71.5 Å². The van der Waals surface area contributed by atoms with E-state index in [0.29, 0.717) is 17.8 Å². The minimum atomic E-state index is -0.203. The van der Waals surface area contributed by atoms with E-state index in [9.17, 15) is 4.79 Å². The van der Waals surface area contributed by atoms with Crippen molar-refractivity contribution in [1.29, 1.82) is 0 Å². The Kier molecular flexibility index (Phi) is 5.22. The Morgan fingerprint density at radius 2 is 1.58 bits per heavy atom. The molecule has 0 aliphatic carbocycles. The van der Waals surface area contributed by atoms with Gasteiger partial charge in [-0.15, -0.1) is 0 Å². The summed E-state index contributed by atoms with van der Waals surface area (Å²) in [6.45, 7) is 0. The highest BCUT2D eigenvalue weighted by Gasteiger charge is 2.14. The summed E-state index contributed by atoms with van der Waals surface area (Å²) < 4.78 is 11.9. The summed E-state index contributed by atoms with van der Waals surface area (Å²) in [7, 11) is 5.01. The molecule has 6 heteroatoms. The Labute approximate surface area is 152 Å². The summed E-state index contributed by atoms with van der Waals surface area (Å²) in [6.07, 6.45) is 0.646. The number of methoxy groups -OCH3 is 2. The molecule has 26 heavy (non-hydrogen) atoms. The average molecular weight is 351 g/mol. The van der Waals surface area contributed by atoms with Crippen LogP contribution >= 0.6 is 0 Å². The molecule has 0 radical (unpaired) electrons. The number of anilines is 1. The van der Waals surface area contributed by atoms with E-state index >= 15 is 0 Å². The molecule has 0 spiro atoms. The van der Waals surface area contributed by atoms with E-state index < -0.39 is 0 Å². The van der Waals surface area contributed by atoms with Crippen molar-refractivity contribution in [3.8, 4) is 11.5 Å². The van der Waals surface area contributed by atoms with Crippen LogP contribution in [0.3, 0.4) is 0 Å². The largest absolute Gasteiger partial charge is 0.497 e. The quantitative estimate of drug-likeness (QED) is 0.740. The van der Waals surface area contributed by atoms with Crippen molar-refractivity contribution in [3.63, 3.8) is 0 Å². The number of aryl methyl sites for hydroxylation is 1. The molecule has 0 fully saturated rings.